The molecule has 0 aliphatic carbocycles. The van der Waals surface area contributed by atoms with Crippen LogP contribution in [0.15, 0.2) is 0 Å². The minimum Gasteiger partial charge on any atom is -0.354 e. The van der Waals surface area contributed by atoms with E-state index in [-0.39, 0.29) is 11.3 Å². The average Bonchev–Trinajstić information content (AvgIpc) is 2.10. The lowest BCUT2D eigenvalue weighted by molar-refractivity contribution is -0.124. The van der Waals surface area contributed by atoms with Gasteiger partial charge in [0.25, 0.3) is 0 Å². The maximum Gasteiger partial charge on any atom is 0.237 e. The van der Waals surface area contributed by atoms with Gasteiger partial charge >= 0.3 is 0 Å². The van der Waals surface area contributed by atoms with Gasteiger partial charge in [-0.25, -0.2) is 0 Å². The van der Waals surface area contributed by atoms with Crippen LogP contribution in [0.1, 0.15) is 41.5 Å². The Morgan fingerprint density at radius 2 is 1.73 bits per heavy atom. The normalized spacial score (nSPS) is 16.3. The van der Waals surface area contributed by atoms with Crippen LogP contribution in [0.4, 0.5) is 0 Å². The van der Waals surface area contributed by atoms with E-state index in [9.17, 15) is 4.79 Å². The maximum absolute atomic E-state index is 11.7. The van der Waals surface area contributed by atoms with Crippen molar-refractivity contribution >= 4 is 5.91 Å². The first kappa shape index (κ1) is 14.4. The topological polar surface area (TPSA) is 55.1 Å². The number of carbonyl (C=O) groups excluding carboxylic acids is 1. The first-order valence-corrected chi connectivity index (χ1v) is 5.69. The van der Waals surface area contributed by atoms with Crippen molar-refractivity contribution in [2.24, 2.45) is 23.0 Å². The van der Waals surface area contributed by atoms with E-state index in [1.54, 1.807) is 0 Å². The number of nitrogens with two attached hydrogens (primary N) is 1. The predicted octanol–water partition coefficient (Wildman–Crippen LogP) is 1.77. The summed E-state index contributed by atoms with van der Waals surface area (Å²) in [5, 5.41) is 2.91. The van der Waals surface area contributed by atoms with E-state index in [0.717, 1.165) is 0 Å². The van der Waals surface area contributed by atoms with Crippen molar-refractivity contribution in [1.29, 1.82) is 0 Å². The molecule has 0 radical (unpaired) electrons. The summed E-state index contributed by atoms with van der Waals surface area (Å²) in [4.78, 5) is 11.7. The molecular formula is C12H26N2O. The Morgan fingerprint density at radius 1 is 1.27 bits per heavy atom. The highest BCUT2D eigenvalue weighted by Crippen LogP contribution is 2.17. The molecule has 0 aliphatic rings. The van der Waals surface area contributed by atoms with Crippen LogP contribution in [0.5, 0.6) is 0 Å². The average molecular weight is 214 g/mol. The van der Waals surface area contributed by atoms with Gasteiger partial charge in [-0.15, -0.1) is 0 Å². The van der Waals surface area contributed by atoms with E-state index in [1.807, 2.05) is 20.8 Å². The molecule has 0 aliphatic heterocycles. The Morgan fingerprint density at radius 3 is 2.07 bits per heavy atom. The van der Waals surface area contributed by atoms with E-state index in [2.05, 4.69) is 26.1 Å². The summed E-state index contributed by atoms with van der Waals surface area (Å²) in [5.41, 5.74) is 5.67. The largest absolute Gasteiger partial charge is 0.354 e. The van der Waals surface area contributed by atoms with Crippen molar-refractivity contribution in [3.05, 3.63) is 0 Å². The zero-order chi connectivity index (χ0) is 12.2. The predicted molar refractivity (Wildman–Crippen MR) is 64.4 cm³/mol. The third-order valence-electron chi connectivity index (χ3n) is 2.95. The van der Waals surface area contributed by atoms with Crippen LogP contribution in [-0.2, 0) is 4.79 Å². The second-order valence-electron chi connectivity index (χ2n) is 5.81. The zero-order valence-electron chi connectivity index (χ0n) is 10.9. The SMILES string of the molecule is CC(C)C(C)CNC(=O)[C@H](N)C(C)(C)C. The van der Waals surface area contributed by atoms with E-state index in [4.69, 9.17) is 5.73 Å². The van der Waals surface area contributed by atoms with Gasteiger partial charge in [-0.2, -0.15) is 0 Å². The lowest BCUT2D eigenvalue weighted by Crippen LogP contribution is -2.49. The number of hydrogen-bond acceptors (Lipinski definition) is 2. The van der Waals surface area contributed by atoms with E-state index >= 15 is 0 Å². The van der Waals surface area contributed by atoms with Crippen LogP contribution < -0.4 is 11.1 Å². The van der Waals surface area contributed by atoms with Crippen LogP contribution >= 0.6 is 0 Å². The highest BCUT2D eigenvalue weighted by Gasteiger charge is 2.27. The molecule has 1 amide bonds. The van der Waals surface area contributed by atoms with Gasteiger partial charge in [0.05, 0.1) is 6.04 Å². The first-order valence-electron chi connectivity index (χ1n) is 5.69. The molecule has 0 aromatic heterocycles. The molecule has 0 fully saturated rings. The maximum atomic E-state index is 11.7. The second kappa shape index (κ2) is 5.50. The summed E-state index contributed by atoms with van der Waals surface area (Å²) in [6.07, 6.45) is 0. The molecule has 0 saturated heterocycles. The van der Waals surface area contributed by atoms with Crippen LogP contribution in [0, 0.1) is 17.3 Å². The lowest BCUT2D eigenvalue weighted by atomic mass is 9.87. The minimum absolute atomic E-state index is 0.0463. The summed E-state index contributed by atoms with van der Waals surface area (Å²) in [6, 6.07) is -0.433. The van der Waals surface area contributed by atoms with Crippen molar-refractivity contribution in [1.82, 2.24) is 5.32 Å². The fourth-order valence-corrected chi connectivity index (χ4v) is 1.00. The first-order chi connectivity index (χ1) is 6.66. The molecule has 3 nitrogen and oxygen atoms in total. The summed E-state index contributed by atoms with van der Waals surface area (Å²) < 4.78 is 0. The van der Waals surface area contributed by atoms with E-state index in [0.29, 0.717) is 18.4 Å². The van der Waals surface area contributed by atoms with Gasteiger partial charge in [0.1, 0.15) is 0 Å². The summed E-state index contributed by atoms with van der Waals surface area (Å²) >= 11 is 0. The van der Waals surface area contributed by atoms with Crippen LogP contribution in [-0.4, -0.2) is 18.5 Å². The summed E-state index contributed by atoms with van der Waals surface area (Å²) in [7, 11) is 0. The zero-order valence-corrected chi connectivity index (χ0v) is 10.9. The molecule has 0 bridgehead atoms. The number of carbonyl (C=O) groups is 1. The molecule has 3 N–H and O–H groups in total. The van der Waals surface area contributed by atoms with Crippen molar-refractivity contribution < 1.29 is 4.79 Å². The second-order valence-corrected chi connectivity index (χ2v) is 5.81. The molecule has 0 aromatic carbocycles. The molecule has 0 spiro atoms. The Kier molecular flexibility index (Phi) is 5.29. The van der Waals surface area contributed by atoms with Crippen LogP contribution in [0.25, 0.3) is 0 Å². The highest BCUT2D eigenvalue weighted by molar-refractivity contribution is 5.82. The van der Waals surface area contributed by atoms with E-state index < -0.39 is 6.04 Å². The van der Waals surface area contributed by atoms with Gasteiger partial charge in [0, 0.05) is 6.54 Å². The van der Waals surface area contributed by atoms with Gasteiger partial charge in [-0.05, 0) is 17.3 Å². The van der Waals surface area contributed by atoms with Gasteiger partial charge in [0.15, 0.2) is 0 Å². The fraction of sp³-hybridized carbons (Fsp3) is 0.917. The molecule has 0 saturated carbocycles. The van der Waals surface area contributed by atoms with E-state index in [1.165, 1.54) is 0 Å². The monoisotopic (exact) mass is 214 g/mol. The van der Waals surface area contributed by atoms with Crippen molar-refractivity contribution in [3.63, 3.8) is 0 Å². The van der Waals surface area contributed by atoms with Gasteiger partial charge in [-0.3, -0.25) is 4.79 Å². The number of nitrogens with one attached hydrogen (secondary N) is 1. The number of hydrogen-bond donors (Lipinski definition) is 2. The van der Waals surface area contributed by atoms with Crippen molar-refractivity contribution in [2.45, 2.75) is 47.6 Å². The summed E-state index contributed by atoms with van der Waals surface area (Å²) in [6.45, 7) is 13.1. The third kappa shape index (κ3) is 5.17. The van der Waals surface area contributed by atoms with Crippen molar-refractivity contribution in [3.8, 4) is 0 Å². The standard InChI is InChI=1S/C12H26N2O/c1-8(2)9(3)7-14-11(15)10(13)12(4,5)6/h8-10H,7,13H2,1-6H3,(H,14,15)/t9?,10-/m0/s1. The molecule has 0 heterocycles. The molecule has 1 unspecified atom stereocenters. The third-order valence-corrected chi connectivity index (χ3v) is 2.95. The van der Waals surface area contributed by atoms with Gasteiger partial charge in [-0.1, -0.05) is 41.5 Å². The molecular weight excluding hydrogens is 188 g/mol. The molecule has 2 atom stereocenters. The Labute approximate surface area is 93.8 Å². The molecule has 3 heteroatoms. The highest BCUT2D eigenvalue weighted by atomic mass is 16.2. The lowest BCUT2D eigenvalue weighted by Gasteiger charge is -2.26. The van der Waals surface area contributed by atoms with Crippen LogP contribution in [0.3, 0.4) is 0 Å². The Bertz CT molecular complexity index is 206. The molecule has 90 valence electrons. The Hall–Kier alpha value is -0.570. The smallest absolute Gasteiger partial charge is 0.237 e. The van der Waals surface area contributed by atoms with Crippen LogP contribution in [0.2, 0.25) is 0 Å². The van der Waals surface area contributed by atoms with Crippen molar-refractivity contribution in [2.75, 3.05) is 6.54 Å². The Balaban J connectivity index is 4.05. The molecule has 0 rings (SSSR count). The number of amides is 1. The van der Waals surface area contributed by atoms with Gasteiger partial charge in [0.2, 0.25) is 5.91 Å². The minimum atomic E-state index is -0.433. The summed E-state index contributed by atoms with van der Waals surface area (Å²) in [5.74, 6) is 1.02. The number of rotatable bonds is 4. The fourth-order valence-electron chi connectivity index (χ4n) is 1.00. The quantitative estimate of drug-likeness (QED) is 0.749. The van der Waals surface area contributed by atoms with Gasteiger partial charge < -0.3 is 11.1 Å². The molecule has 15 heavy (non-hydrogen) atoms. The molecule has 0 aromatic rings.